The molecule has 10 heteroatoms. The topological polar surface area (TPSA) is 133 Å². The van der Waals surface area contributed by atoms with Crippen LogP contribution in [0.2, 0.25) is 0 Å². The quantitative estimate of drug-likeness (QED) is 0.431. The van der Waals surface area contributed by atoms with E-state index in [0.29, 0.717) is 5.75 Å². The lowest BCUT2D eigenvalue weighted by atomic mass is 10.2. The Labute approximate surface area is 191 Å². The lowest BCUT2D eigenvalue weighted by Crippen LogP contribution is -2.48. The van der Waals surface area contributed by atoms with Gasteiger partial charge in [-0.05, 0) is 48.9 Å². The molecule has 3 aromatic carbocycles. The number of ether oxygens (including phenoxy) is 2. The number of para-hydroxylation sites is 1. The number of aliphatic carboxylic acids is 1. The van der Waals surface area contributed by atoms with E-state index in [0.717, 1.165) is 14.7 Å². The zero-order chi connectivity index (χ0) is 24.2. The highest BCUT2D eigenvalue weighted by atomic mass is 16.5. The van der Waals surface area contributed by atoms with Crippen LogP contribution in [-0.4, -0.2) is 31.8 Å². The number of carbonyl (C=O) groups is 1. The number of nitrogens with one attached hydrogen (secondary N) is 1. The van der Waals surface area contributed by atoms with Gasteiger partial charge in [0.2, 0.25) is 0 Å². The summed E-state index contributed by atoms with van der Waals surface area (Å²) in [6.45, 7) is 1.12. The normalized spacial score (nSPS) is 10.6. The van der Waals surface area contributed by atoms with Crippen LogP contribution >= 0.6 is 0 Å². The summed E-state index contributed by atoms with van der Waals surface area (Å²) in [6.07, 6.45) is 0. The highest BCUT2D eigenvalue weighted by Gasteiger charge is 2.17. The summed E-state index contributed by atoms with van der Waals surface area (Å²) < 4.78 is 12.7. The Bertz CT molecular complexity index is 1530. The number of H-pyrrole nitrogens is 1. The van der Waals surface area contributed by atoms with E-state index in [-0.39, 0.29) is 22.9 Å². The number of benzene rings is 3. The summed E-state index contributed by atoms with van der Waals surface area (Å²) in [5.41, 5.74) is -1.60. The van der Waals surface area contributed by atoms with Gasteiger partial charge in [-0.15, -0.1) is 0 Å². The SMILES string of the molecule is Cc1cccc(-n2c(=O)[nH]c(=O)n(-c3ccc(Oc4ccccc4)c(OCC(=O)O)c3)c2=O)c1. The molecular weight excluding hydrogens is 442 g/mol. The van der Waals surface area contributed by atoms with Gasteiger partial charge in [0, 0.05) is 6.07 Å². The maximum absolute atomic E-state index is 13.2. The molecule has 4 aromatic rings. The fraction of sp³-hybridized carbons (Fsp3) is 0.0833. The summed E-state index contributed by atoms with van der Waals surface area (Å²) in [5.74, 6) is -0.589. The van der Waals surface area contributed by atoms with Crippen molar-refractivity contribution in [1.82, 2.24) is 14.1 Å². The van der Waals surface area contributed by atoms with E-state index in [9.17, 15) is 19.2 Å². The molecule has 0 unspecified atom stereocenters. The van der Waals surface area contributed by atoms with Crippen molar-refractivity contribution < 1.29 is 19.4 Å². The lowest BCUT2D eigenvalue weighted by Gasteiger charge is -2.14. The molecule has 10 nitrogen and oxygen atoms in total. The third kappa shape index (κ3) is 4.65. The van der Waals surface area contributed by atoms with Gasteiger partial charge in [-0.3, -0.25) is 4.98 Å². The molecule has 1 heterocycles. The zero-order valence-electron chi connectivity index (χ0n) is 17.9. The molecule has 0 spiro atoms. The van der Waals surface area contributed by atoms with Crippen LogP contribution in [0, 0.1) is 6.92 Å². The predicted octanol–water partition coefficient (Wildman–Crippen LogP) is 2.24. The van der Waals surface area contributed by atoms with E-state index in [2.05, 4.69) is 4.98 Å². The first-order valence-corrected chi connectivity index (χ1v) is 10.1. The van der Waals surface area contributed by atoms with Gasteiger partial charge in [-0.2, -0.15) is 0 Å². The van der Waals surface area contributed by atoms with Crippen LogP contribution in [0.25, 0.3) is 11.4 Å². The molecule has 4 rings (SSSR count). The molecule has 34 heavy (non-hydrogen) atoms. The van der Waals surface area contributed by atoms with Gasteiger partial charge >= 0.3 is 23.0 Å². The van der Waals surface area contributed by atoms with Crippen LogP contribution in [0.3, 0.4) is 0 Å². The molecule has 0 saturated carbocycles. The Hall–Kier alpha value is -4.86. The van der Waals surface area contributed by atoms with Crippen molar-refractivity contribution in [3.8, 4) is 28.6 Å². The predicted molar refractivity (Wildman–Crippen MR) is 123 cm³/mol. The second-order valence-corrected chi connectivity index (χ2v) is 7.26. The summed E-state index contributed by atoms with van der Waals surface area (Å²) in [5, 5.41) is 9.03. The van der Waals surface area contributed by atoms with Crippen molar-refractivity contribution in [2.75, 3.05) is 6.61 Å². The molecule has 0 bridgehead atoms. The molecule has 0 aliphatic rings. The summed E-state index contributed by atoms with van der Waals surface area (Å²) in [6, 6.07) is 19.5. The fourth-order valence-electron chi connectivity index (χ4n) is 3.29. The van der Waals surface area contributed by atoms with Gasteiger partial charge in [-0.25, -0.2) is 28.3 Å². The van der Waals surface area contributed by atoms with Gasteiger partial charge < -0.3 is 14.6 Å². The number of carboxylic acid groups (broad SMARTS) is 1. The summed E-state index contributed by atoms with van der Waals surface area (Å²) in [4.78, 5) is 51.4. The Balaban J connectivity index is 1.85. The highest BCUT2D eigenvalue weighted by Crippen LogP contribution is 2.33. The van der Waals surface area contributed by atoms with Crippen LogP contribution in [0.1, 0.15) is 5.56 Å². The van der Waals surface area contributed by atoms with Gasteiger partial charge in [0.25, 0.3) is 0 Å². The Kier molecular flexibility index (Phi) is 6.13. The number of hydrogen-bond acceptors (Lipinski definition) is 6. The van der Waals surface area contributed by atoms with Crippen LogP contribution in [0.5, 0.6) is 17.2 Å². The minimum atomic E-state index is -1.22. The van der Waals surface area contributed by atoms with E-state index in [1.807, 2.05) is 0 Å². The standard InChI is InChI=1S/C24H19N3O7/c1-15-6-5-7-16(12-15)26-22(30)25-23(31)27(24(26)32)17-10-11-19(20(13-17)33-14-21(28)29)34-18-8-3-2-4-9-18/h2-13H,14H2,1H3,(H,28,29)(H,25,30,31). The molecule has 0 fully saturated rings. The van der Waals surface area contributed by atoms with Crippen LogP contribution in [0.4, 0.5) is 0 Å². The summed E-state index contributed by atoms with van der Waals surface area (Å²) in [7, 11) is 0. The van der Waals surface area contributed by atoms with E-state index in [1.165, 1.54) is 18.2 Å². The number of rotatable bonds is 7. The Morgan fingerprint density at radius 2 is 1.53 bits per heavy atom. The number of aromatic nitrogens is 3. The Morgan fingerprint density at radius 1 is 0.853 bits per heavy atom. The van der Waals surface area contributed by atoms with E-state index in [4.69, 9.17) is 14.6 Å². The lowest BCUT2D eigenvalue weighted by molar-refractivity contribution is -0.139. The van der Waals surface area contributed by atoms with Gasteiger partial charge in [-0.1, -0.05) is 30.3 Å². The minimum absolute atomic E-state index is 0.0108. The maximum atomic E-state index is 13.2. The number of nitrogens with zero attached hydrogens (tertiary/aromatic N) is 2. The largest absolute Gasteiger partial charge is 0.479 e. The Morgan fingerprint density at radius 3 is 2.18 bits per heavy atom. The van der Waals surface area contributed by atoms with Gasteiger partial charge in [0.15, 0.2) is 18.1 Å². The van der Waals surface area contributed by atoms with E-state index in [1.54, 1.807) is 61.5 Å². The average Bonchev–Trinajstić information content (AvgIpc) is 2.79. The molecule has 0 aliphatic heterocycles. The van der Waals surface area contributed by atoms with Crippen molar-refractivity contribution in [2.24, 2.45) is 0 Å². The third-order valence-corrected chi connectivity index (χ3v) is 4.77. The van der Waals surface area contributed by atoms with Crippen LogP contribution in [-0.2, 0) is 4.79 Å². The van der Waals surface area contributed by atoms with Gasteiger partial charge in [0.1, 0.15) is 5.75 Å². The zero-order valence-corrected chi connectivity index (χ0v) is 17.9. The molecule has 0 atom stereocenters. The first-order valence-electron chi connectivity index (χ1n) is 10.1. The van der Waals surface area contributed by atoms with Crippen molar-refractivity contribution in [2.45, 2.75) is 6.92 Å². The van der Waals surface area contributed by atoms with Crippen LogP contribution in [0.15, 0.2) is 87.2 Å². The molecule has 0 aliphatic carbocycles. The molecule has 0 radical (unpaired) electrons. The molecule has 172 valence electrons. The number of carboxylic acids is 1. The highest BCUT2D eigenvalue weighted by molar-refractivity contribution is 5.68. The summed E-state index contributed by atoms with van der Waals surface area (Å²) >= 11 is 0. The number of aryl methyl sites for hydroxylation is 1. The molecule has 1 aromatic heterocycles. The first kappa shape index (κ1) is 22.3. The smallest absolute Gasteiger partial charge is 0.345 e. The van der Waals surface area contributed by atoms with Crippen molar-refractivity contribution in [1.29, 1.82) is 0 Å². The van der Waals surface area contributed by atoms with Crippen molar-refractivity contribution in [3.05, 3.63) is 110 Å². The number of aromatic amines is 1. The molecule has 2 N–H and O–H groups in total. The molecule has 0 amide bonds. The van der Waals surface area contributed by atoms with Crippen LogP contribution < -0.4 is 26.5 Å². The van der Waals surface area contributed by atoms with E-state index < -0.39 is 29.6 Å². The van der Waals surface area contributed by atoms with Crippen molar-refractivity contribution >= 4 is 5.97 Å². The fourth-order valence-corrected chi connectivity index (χ4v) is 3.29. The second-order valence-electron chi connectivity index (χ2n) is 7.26. The van der Waals surface area contributed by atoms with E-state index >= 15 is 0 Å². The monoisotopic (exact) mass is 461 g/mol. The number of hydrogen-bond donors (Lipinski definition) is 2. The minimum Gasteiger partial charge on any atom is -0.479 e. The second kappa shape index (κ2) is 9.33. The molecular formula is C24H19N3O7. The maximum Gasteiger partial charge on any atom is 0.345 e. The first-order chi connectivity index (χ1) is 16.3. The molecule has 0 saturated heterocycles. The van der Waals surface area contributed by atoms with Gasteiger partial charge in [0.05, 0.1) is 11.4 Å². The third-order valence-electron chi connectivity index (χ3n) is 4.77. The van der Waals surface area contributed by atoms with Crippen molar-refractivity contribution in [3.63, 3.8) is 0 Å². The average molecular weight is 461 g/mol.